The smallest absolute Gasteiger partial charge is 0.324 e. The van der Waals surface area contributed by atoms with E-state index in [0.29, 0.717) is 49.4 Å². The van der Waals surface area contributed by atoms with E-state index in [2.05, 4.69) is 0 Å². The van der Waals surface area contributed by atoms with Crippen LogP contribution in [0.5, 0.6) is 0 Å². The number of nitro groups is 1. The fourth-order valence-electron chi connectivity index (χ4n) is 4.05. The first-order chi connectivity index (χ1) is 15.8. The lowest BCUT2D eigenvalue weighted by molar-refractivity contribution is -0.380. The normalized spacial score (nSPS) is 14.3. The quantitative estimate of drug-likeness (QED) is 0.395. The van der Waals surface area contributed by atoms with E-state index in [0.717, 1.165) is 22.7 Å². The van der Waals surface area contributed by atoms with Gasteiger partial charge in [0.15, 0.2) is 0 Å². The number of hydrogen-bond acceptors (Lipinski definition) is 7. The highest BCUT2D eigenvalue weighted by atomic mass is 32.1. The van der Waals surface area contributed by atoms with Gasteiger partial charge in [0.05, 0.1) is 34.6 Å². The Labute approximate surface area is 194 Å². The molecule has 0 aliphatic carbocycles. The summed E-state index contributed by atoms with van der Waals surface area (Å²) < 4.78 is 5.36. The number of nitrogens with zero attached hydrogens (tertiary/aromatic N) is 4. The minimum absolute atomic E-state index is 0.0426. The van der Waals surface area contributed by atoms with Crippen LogP contribution >= 0.6 is 11.3 Å². The number of aryl methyl sites for hydroxylation is 1. The molecule has 1 aliphatic rings. The summed E-state index contributed by atoms with van der Waals surface area (Å²) in [7, 11) is 1.73. The molecule has 0 saturated carbocycles. The molecule has 1 aliphatic heterocycles. The number of rotatable bonds is 6. The third-order valence-electron chi connectivity index (χ3n) is 5.80. The van der Waals surface area contributed by atoms with Crippen molar-refractivity contribution in [2.45, 2.75) is 32.2 Å². The van der Waals surface area contributed by atoms with Gasteiger partial charge < -0.3 is 14.2 Å². The van der Waals surface area contributed by atoms with E-state index in [1.165, 1.54) is 11.4 Å². The van der Waals surface area contributed by atoms with Crippen LogP contribution in [0.25, 0.3) is 0 Å². The Morgan fingerprint density at radius 2 is 2.06 bits per heavy atom. The van der Waals surface area contributed by atoms with E-state index in [1.807, 2.05) is 25.1 Å². The number of likely N-dealkylation sites (tertiary alicyclic amines) is 1. The van der Waals surface area contributed by atoms with E-state index in [-0.39, 0.29) is 22.7 Å². The van der Waals surface area contributed by atoms with Gasteiger partial charge in [-0.2, -0.15) is 0 Å². The summed E-state index contributed by atoms with van der Waals surface area (Å²) in [5.74, 6) is 0.414. The zero-order valence-electron chi connectivity index (χ0n) is 18.4. The zero-order chi connectivity index (χ0) is 23.5. The molecule has 0 radical (unpaired) electrons. The van der Waals surface area contributed by atoms with Crippen LogP contribution in [-0.2, 0) is 6.54 Å². The summed E-state index contributed by atoms with van der Waals surface area (Å²) in [5.41, 5.74) is 2.49. The standard InChI is InChI=1S/C23H24N4O5S/c1-15-5-6-19(23(29)25(2)13-18-4-3-11-32-18)21(24-15)16-7-9-26(10-8-16)22(28)17-12-20(27(30)31)33-14-17/h3-6,11-12,14,16H,7-10,13H2,1-2H3. The molecule has 3 aromatic heterocycles. The number of amides is 2. The van der Waals surface area contributed by atoms with Crippen LogP contribution in [0.3, 0.4) is 0 Å². The Hall–Kier alpha value is -3.53. The molecule has 0 spiro atoms. The van der Waals surface area contributed by atoms with Crippen LogP contribution in [0.1, 0.15) is 56.6 Å². The van der Waals surface area contributed by atoms with Crippen LogP contribution < -0.4 is 0 Å². The van der Waals surface area contributed by atoms with Gasteiger partial charge in [-0.15, -0.1) is 0 Å². The lowest BCUT2D eigenvalue weighted by Gasteiger charge is -2.32. The number of aromatic nitrogens is 1. The first kappa shape index (κ1) is 22.7. The third kappa shape index (κ3) is 4.95. The van der Waals surface area contributed by atoms with Gasteiger partial charge in [0, 0.05) is 43.2 Å². The van der Waals surface area contributed by atoms with Gasteiger partial charge in [0.25, 0.3) is 11.8 Å². The number of thiophene rings is 1. The number of hydrogen-bond donors (Lipinski definition) is 0. The van der Waals surface area contributed by atoms with E-state index in [9.17, 15) is 19.7 Å². The van der Waals surface area contributed by atoms with Crippen LogP contribution in [0.15, 0.2) is 46.4 Å². The number of furan rings is 1. The second-order valence-electron chi connectivity index (χ2n) is 8.12. The minimum Gasteiger partial charge on any atom is -0.467 e. The van der Waals surface area contributed by atoms with Crippen molar-refractivity contribution in [1.29, 1.82) is 0 Å². The lowest BCUT2D eigenvalue weighted by Crippen LogP contribution is -2.38. The second-order valence-corrected chi connectivity index (χ2v) is 9.01. The third-order valence-corrected chi connectivity index (χ3v) is 6.68. The minimum atomic E-state index is -0.488. The van der Waals surface area contributed by atoms with Crippen LogP contribution in [0, 0.1) is 17.0 Å². The number of pyridine rings is 1. The molecule has 3 aromatic rings. The Kier molecular flexibility index (Phi) is 6.55. The lowest BCUT2D eigenvalue weighted by atomic mass is 9.89. The highest BCUT2D eigenvalue weighted by Crippen LogP contribution is 2.31. The molecule has 0 unspecified atom stereocenters. The van der Waals surface area contributed by atoms with Crippen molar-refractivity contribution in [3.8, 4) is 0 Å². The van der Waals surface area contributed by atoms with E-state index >= 15 is 0 Å². The number of carbonyl (C=O) groups excluding carboxylic acids is 2. The molecule has 33 heavy (non-hydrogen) atoms. The Balaban J connectivity index is 1.46. The summed E-state index contributed by atoms with van der Waals surface area (Å²) in [5, 5.41) is 12.4. The molecule has 1 saturated heterocycles. The van der Waals surface area contributed by atoms with Gasteiger partial charge in [-0.05, 0) is 44.0 Å². The Morgan fingerprint density at radius 3 is 2.70 bits per heavy atom. The first-order valence-corrected chi connectivity index (χ1v) is 11.5. The summed E-state index contributed by atoms with van der Waals surface area (Å²) >= 11 is 0.952. The van der Waals surface area contributed by atoms with Crippen molar-refractivity contribution in [2.75, 3.05) is 20.1 Å². The van der Waals surface area contributed by atoms with Gasteiger partial charge in [0.2, 0.25) is 0 Å². The van der Waals surface area contributed by atoms with Gasteiger partial charge in [-0.1, -0.05) is 11.3 Å². The van der Waals surface area contributed by atoms with Crippen molar-refractivity contribution < 1.29 is 18.9 Å². The van der Waals surface area contributed by atoms with Crippen LogP contribution in [-0.4, -0.2) is 51.7 Å². The van der Waals surface area contributed by atoms with Crippen molar-refractivity contribution in [2.24, 2.45) is 0 Å². The monoisotopic (exact) mass is 468 g/mol. The van der Waals surface area contributed by atoms with Gasteiger partial charge >= 0.3 is 5.00 Å². The van der Waals surface area contributed by atoms with Gasteiger partial charge in [0.1, 0.15) is 5.76 Å². The summed E-state index contributed by atoms with van der Waals surface area (Å²) in [6.07, 6.45) is 2.91. The van der Waals surface area contributed by atoms with E-state index in [1.54, 1.807) is 29.2 Å². The highest BCUT2D eigenvalue weighted by molar-refractivity contribution is 7.13. The molecular weight excluding hydrogens is 444 g/mol. The predicted octanol–water partition coefficient (Wildman–Crippen LogP) is 4.24. The van der Waals surface area contributed by atoms with Gasteiger partial charge in [-0.25, -0.2) is 0 Å². The molecule has 2 amide bonds. The average Bonchev–Trinajstić information content (AvgIpc) is 3.51. The Bertz CT molecular complexity index is 1170. The van der Waals surface area contributed by atoms with Crippen molar-refractivity contribution >= 4 is 28.2 Å². The molecule has 4 heterocycles. The fraction of sp³-hybridized carbons (Fsp3) is 0.348. The molecule has 172 valence electrons. The number of carbonyl (C=O) groups is 2. The molecule has 10 heteroatoms. The second kappa shape index (κ2) is 9.53. The van der Waals surface area contributed by atoms with E-state index < -0.39 is 4.92 Å². The number of piperidine rings is 1. The molecule has 0 atom stereocenters. The summed E-state index contributed by atoms with van der Waals surface area (Å²) in [4.78, 5) is 44.4. The van der Waals surface area contributed by atoms with Crippen molar-refractivity contribution in [3.63, 3.8) is 0 Å². The van der Waals surface area contributed by atoms with Crippen molar-refractivity contribution in [3.05, 3.63) is 80.4 Å². The fourth-order valence-corrected chi connectivity index (χ4v) is 4.75. The molecule has 0 N–H and O–H groups in total. The molecule has 4 rings (SSSR count). The summed E-state index contributed by atoms with van der Waals surface area (Å²) in [6.45, 7) is 3.25. The molecule has 1 fully saturated rings. The largest absolute Gasteiger partial charge is 0.467 e. The topological polar surface area (TPSA) is 110 Å². The van der Waals surface area contributed by atoms with Crippen LogP contribution in [0.2, 0.25) is 0 Å². The average molecular weight is 469 g/mol. The maximum absolute atomic E-state index is 13.2. The molecular formula is C23H24N4O5S. The first-order valence-electron chi connectivity index (χ1n) is 10.6. The predicted molar refractivity (Wildman–Crippen MR) is 122 cm³/mol. The zero-order valence-corrected chi connectivity index (χ0v) is 19.2. The Morgan fingerprint density at radius 1 is 1.30 bits per heavy atom. The maximum Gasteiger partial charge on any atom is 0.324 e. The molecule has 0 aromatic carbocycles. The molecule has 9 nitrogen and oxygen atoms in total. The highest BCUT2D eigenvalue weighted by Gasteiger charge is 2.30. The SMILES string of the molecule is Cc1ccc(C(=O)N(C)Cc2ccco2)c(C2CCN(C(=O)c3csc([N+](=O)[O-])c3)CC2)n1. The summed E-state index contributed by atoms with van der Waals surface area (Å²) in [6, 6.07) is 8.59. The van der Waals surface area contributed by atoms with Crippen LogP contribution in [0.4, 0.5) is 5.00 Å². The molecule has 0 bridgehead atoms. The van der Waals surface area contributed by atoms with Gasteiger partial charge in [-0.3, -0.25) is 24.7 Å². The van der Waals surface area contributed by atoms with E-state index in [4.69, 9.17) is 9.40 Å². The maximum atomic E-state index is 13.2. The van der Waals surface area contributed by atoms with Crippen molar-refractivity contribution in [1.82, 2.24) is 14.8 Å².